The van der Waals surface area contributed by atoms with Crippen LogP contribution in [0.15, 0.2) is 36.4 Å². The Hall–Kier alpha value is -3.37. The third-order valence-electron chi connectivity index (χ3n) is 7.49. The summed E-state index contributed by atoms with van der Waals surface area (Å²) in [5, 5.41) is 9.58. The van der Waals surface area contributed by atoms with Crippen molar-refractivity contribution in [3.63, 3.8) is 0 Å². The maximum Gasteiger partial charge on any atom is 0.346 e. The number of hydrogen-bond donors (Lipinski definition) is 1. The Balaban J connectivity index is 1.28. The van der Waals surface area contributed by atoms with Gasteiger partial charge < -0.3 is 14.6 Å². The molecule has 1 aliphatic heterocycles. The third-order valence-corrected chi connectivity index (χ3v) is 7.49. The zero-order valence-electron chi connectivity index (χ0n) is 20.7. The first kappa shape index (κ1) is 27.2. The van der Waals surface area contributed by atoms with Crippen molar-refractivity contribution in [1.29, 1.82) is 0 Å². The van der Waals surface area contributed by atoms with Crippen LogP contribution in [0.4, 0.5) is 26.3 Å². The fourth-order valence-electron chi connectivity index (χ4n) is 5.23. The average molecular weight is 550 g/mol. The molecular formula is C29H24F6O4. The van der Waals surface area contributed by atoms with Crippen LogP contribution < -0.4 is 4.74 Å². The number of carbonyl (C=O) groups excluding carboxylic acids is 1. The third kappa shape index (κ3) is 5.15. The van der Waals surface area contributed by atoms with E-state index in [4.69, 9.17) is 9.47 Å². The minimum Gasteiger partial charge on any atom is -0.420 e. The van der Waals surface area contributed by atoms with E-state index in [1.54, 1.807) is 0 Å². The Morgan fingerprint density at radius 1 is 0.769 bits per heavy atom. The second kappa shape index (κ2) is 10.7. The number of carbonyl (C=O) groups is 1. The van der Waals surface area contributed by atoms with Crippen LogP contribution in [-0.2, 0) is 4.74 Å². The lowest BCUT2D eigenvalue weighted by Gasteiger charge is -2.30. The molecule has 2 unspecified atom stereocenters. The van der Waals surface area contributed by atoms with E-state index >= 15 is 4.39 Å². The fraction of sp³-hybridized carbons (Fsp3) is 0.345. The molecule has 0 spiro atoms. The Kier molecular flexibility index (Phi) is 7.43. The second-order valence-corrected chi connectivity index (χ2v) is 9.92. The van der Waals surface area contributed by atoms with Crippen molar-refractivity contribution in [3.05, 3.63) is 99.1 Å². The van der Waals surface area contributed by atoms with Gasteiger partial charge in [0.2, 0.25) is 5.82 Å². The number of hydrogen-bond acceptors (Lipinski definition) is 4. The summed E-state index contributed by atoms with van der Waals surface area (Å²) in [5.74, 6) is -10.5. The summed E-state index contributed by atoms with van der Waals surface area (Å²) in [6.45, 7) is 1.56. The molecular weight excluding hydrogens is 526 g/mol. The van der Waals surface area contributed by atoms with E-state index in [1.165, 1.54) is 31.2 Å². The molecule has 2 aliphatic rings. The van der Waals surface area contributed by atoms with Gasteiger partial charge in [-0.05, 0) is 67.7 Å². The van der Waals surface area contributed by atoms with Gasteiger partial charge in [0, 0.05) is 11.1 Å². The standard InChI is InChI=1S/C29H24F6O4/c1-13(36)16-6-7-17(24(31)23(16)30)14-2-4-15(5-3-14)18-10-11-21(28(35)25(18)32)39-29(37)20-9-8-19(22-12-38-22)26(33)27(20)34/h6-11,13-15,22,36H,2-5,12H2,1H3. The summed E-state index contributed by atoms with van der Waals surface area (Å²) < 4.78 is 97.2. The molecule has 0 aromatic heterocycles. The van der Waals surface area contributed by atoms with Crippen LogP contribution in [0.3, 0.4) is 0 Å². The van der Waals surface area contributed by atoms with E-state index in [0.717, 1.165) is 12.1 Å². The number of epoxide rings is 1. The summed E-state index contributed by atoms with van der Waals surface area (Å²) in [7, 11) is 0. The van der Waals surface area contributed by atoms with Crippen molar-refractivity contribution in [3.8, 4) is 5.75 Å². The highest BCUT2D eigenvalue weighted by atomic mass is 19.2. The highest BCUT2D eigenvalue weighted by Crippen LogP contribution is 2.43. The molecule has 0 bridgehead atoms. The number of ether oxygens (including phenoxy) is 2. The lowest BCUT2D eigenvalue weighted by molar-refractivity contribution is 0.0720. The lowest BCUT2D eigenvalue weighted by Crippen LogP contribution is -2.17. The zero-order chi connectivity index (χ0) is 28.0. The minimum atomic E-state index is -1.47. The summed E-state index contributed by atoms with van der Waals surface area (Å²) in [6.07, 6.45) is -0.247. The van der Waals surface area contributed by atoms with Crippen LogP contribution in [0.2, 0.25) is 0 Å². The van der Waals surface area contributed by atoms with E-state index in [1.807, 2.05) is 0 Å². The second-order valence-electron chi connectivity index (χ2n) is 9.92. The first-order valence-corrected chi connectivity index (χ1v) is 12.5. The molecule has 0 radical (unpaired) electrons. The molecule has 206 valence electrons. The molecule has 10 heteroatoms. The van der Waals surface area contributed by atoms with Gasteiger partial charge in [0.1, 0.15) is 6.10 Å². The van der Waals surface area contributed by atoms with Crippen molar-refractivity contribution < 1.29 is 45.7 Å². The first-order valence-electron chi connectivity index (χ1n) is 12.5. The molecule has 1 N–H and O–H groups in total. The topological polar surface area (TPSA) is 59.1 Å². The maximum absolute atomic E-state index is 15.0. The zero-order valence-corrected chi connectivity index (χ0v) is 20.7. The van der Waals surface area contributed by atoms with Crippen LogP contribution in [0.1, 0.15) is 89.3 Å². The number of aliphatic hydroxyl groups is 1. The van der Waals surface area contributed by atoms with Gasteiger partial charge >= 0.3 is 5.97 Å². The molecule has 1 heterocycles. The minimum absolute atomic E-state index is 0.0351. The molecule has 1 saturated carbocycles. The summed E-state index contributed by atoms with van der Waals surface area (Å²) in [6, 6.07) is 7.25. The quantitative estimate of drug-likeness (QED) is 0.151. The molecule has 1 aliphatic carbocycles. The SMILES string of the molecule is CC(O)c1ccc(C2CCC(c3ccc(OC(=O)c4ccc(C5CO5)c(F)c4F)c(F)c3F)CC2)c(F)c1F. The Labute approximate surface area is 220 Å². The first-order chi connectivity index (χ1) is 18.6. The molecule has 3 aromatic carbocycles. The van der Waals surface area contributed by atoms with E-state index in [-0.39, 0.29) is 34.8 Å². The number of esters is 1. The highest BCUT2D eigenvalue weighted by molar-refractivity contribution is 5.91. The van der Waals surface area contributed by atoms with Crippen molar-refractivity contribution in [2.24, 2.45) is 0 Å². The van der Waals surface area contributed by atoms with E-state index in [2.05, 4.69) is 0 Å². The van der Waals surface area contributed by atoms with Crippen molar-refractivity contribution in [2.45, 2.75) is 56.7 Å². The number of aliphatic hydroxyl groups excluding tert-OH is 1. The van der Waals surface area contributed by atoms with Crippen LogP contribution >= 0.6 is 0 Å². The summed E-state index contributed by atoms with van der Waals surface area (Å²) >= 11 is 0. The monoisotopic (exact) mass is 550 g/mol. The van der Waals surface area contributed by atoms with Gasteiger partial charge in [0.25, 0.3) is 0 Å². The highest BCUT2D eigenvalue weighted by Gasteiger charge is 2.33. The molecule has 2 atom stereocenters. The lowest BCUT2D eigenvalue weighted by atomic mass is 9.75. The van der Waals surface area contributed by atoms with Gasteiger partial charge in [-0.1, -0.05) is 24.3 Å². The van der Waals surface area contributed by atoms with Crippen molar-refractivity contribution >= 4 is 5.97 Å². The molecule has 5 rings (SSSR count). The fourth-order valence-corrected chi connectivity index (χ4v) is 5.23. The molecule has 39 heavy (non-hydrogen) atoms. The molecule has 2 fully saturated rings. The number of rotatable bonds is 6. The summed E-state index contributed by atoms with van der Waals surface area (Å²) in [4.78, 5) is 12.4. The van der Waals surface area contributed by atoms with Gasteiger partial charge in [-0.25, -0.2) is 26.7 Å². The Morgan fingerprint density at radius 3 is 1.85 bits per heavy atom. The van der Waals surface area contributed by atoms with Crippen molar-refractivity contribution in [2.75, 3.05) is 6.61 Å². The Morgan fingerprint density at radius 2 is 1.28 bits per heavy atom. The van der Waals surface area contributed by atoms with Crippen LogP contribution in [0, 0.1) is 34.9 Å². The van der Waals surface area contributed by atoms with E-state index in [0.29, 0.717) is 25.7 Å². The van der Waals surface area contributed by atoms with Crippen LogP contribution in [-0.4, -0.2) is 17.7 Å². The molecule has 1 saturated heterocycles. The van der Waals surface area contributed by atoms with Gasteiger partial charge in [0.05, 0.1) is 18.3 Å². The van der Waals surface area contributed by atoms with Crippen LogP contribution in [0.5, 0.6) is 5.75 Å². The number of benzene rings is 3. The smallest absolute Gasteiger partial charge is 0.346 e. The molecule has 0 amide bonds. The van der Waals surface area contributed by atoms with E-state index in [9.17, 15) is 31.9 Å². The van der Waals surface area contributed by atoms with Gasteiger partial charge in [-0.3, -0.25) is 0 Å². The van der Waals surface area contributed by atoms with E-state index < -0.39 is 70.3 Å². The van der Waals surface area contributed by atoms with Gasteiger partial charge in [-0.15, -0.1) is 0 Å². The van der Waals surface area contributed by atoms with Gasteiger partial charge in [-0.2, -0.15) is 4.39 Å². The predicted octanol–water partition coefficient (Wildman–Crippen LogP) is 7.31. The average Bonchev–Trinajstić information content (AvgIpc) is 3.75. The molecule has 3 aromatic rings. The Bertz CT molecular complexity index is 1430. The summed E-state index contributed by atoms with van der Waals surface area (Å²) in [5.41, 5.74) is -0.756. The molecule has 4 nitrogen and oxygen atoms in total. The maximum atomic E-state index is 15.0. The predicted molar refractivity (Wildman–Crippen MR) is 127 cm³/mol. The normalized spacial score (nSPS) is 21.5. The number of halogens is 6. The van der Waals surface area contributed by atoms with Crippen LogP contribution in [0.25, 0.3) is 0 Å². The van der Waals surface area contributed by atoms with Crippen molar-refractivity contribution in [1.82, 2.24) is 0 Å². The van der Waals surface area contributed by atoms with Gasteiger partial charge in [0.15, 0.2) is 34.8 Å². The largest absolute Gasteiger partial charge is 0.420 e.